The molecule has 4 aromatic rings. The zero-order valence-electron chi connectivity index (χ0n) is 18.2. The van der Waals surface area contributed by atoms with Crippen LogP contribution >= 0.6 is 27.5 Å². The summed E-state index contributed by atoms with van der Waals surface area (Å²) in [5.41, 5.74) is 1.65. The van der Waals surface area contributed by atoms with Crippen molar-refractivity contribution in [2.24, 2.45) is 5.10 Å². The topological polar surface area (TPSA) is 82.8 Å². The van der Waals surface area contributed by atoms with Gasteiger partial charge in [0, 0.05) is 5.56 Å². The molecule has 0 radical (unpaired) electrons. The highest BCUT2D eigenvalue weighted by Crippen LogP contribution is 2.35. The van der Waals surface area contributed by atoms with Gasteiger partial charge in [-0.05, 0) is 52.7 Å². The van der Waals surface area contributed by atoms with Crippen molar-refractivity contribution in [2.75, 3.05) is 7.11 Å². The molecule has 1 heterocycles. The molecule has 0 saturated heterocycles. The fourth-order valence-corrected chi connectivity index (χ4v) is 4.24. The molecule has 0 aliphatic heterocycles. The molecule has 34 heavy (non-hydrogen) atoms. The largest absolute Gasteiger partial charge is 0.476 e. The summed E-state index contributed by atoms with van der Waals surface area (Å²) < 4.78 is 12.1. The van der Waals surface area contributed by atoms with E-state index in [0.717, 1.165) is 5.56 Å². The highest BCUT2D eigenvalue weighted by atomic mass is 79.9. The molecule has 9 heteroatoms. The quantitative estimate of drug-likeness (QED) is 0.245. The lowest BCUT2D eigenvalue weighted by molar-refractivity contribution is -0.147. The highest BCUT2D eigenvalue weighted by Gasteiger charge is 2.19. The monoisotopic (exact) mass is 539 g/mol. The summed E-state index contributed by atoms with van der Waals surface area (Å²) in [5.74, 6) is 0.189. The molecule has 1 atom stereocenters. The summed E-state index contributed by atoms with van der Waals surface area (Å²) in [6.07, 6.45) is 0.669. The standard InChI is InChI=1S/C25H19BrClN3O4/c1-15(25(32)33-2)34-22-19(26)12-16(13-20(22)27)14-28-30-23(17-8-4-3-5-9-17)29-21-11-7-6-10-18(21)24(30)31/h3-15H,1-2H3/t15-/m0/s1. The van der Waals surface area contributed by atoms with Crippen molar-refractivity contribution in [1.29, 1.82) is 0 Å². The summed E-state index contributed by atoms with van der Waals surface area (Å²) in [5, 5.41) is 5.16. The first kappa shape index (κ1) is 23.7. The Balaban J connectivity index is 1.76. The van der Waals surface area contributed by atoms with Gasteiger partial charge in [-0.15, -0.1) is 0 Å². The van der Waals surface area contributed by atoms with E-state index in [1.165, 1.54) is 18.0 Å². The normalized spacial score (nSPS) is 12.1. The Bertz CT molecular complexity index is 1430. The summed E-state index contributed by atoms with van der Waals surface area (Å²) in [4.78, 5) is 29.6. The maximum atomic E-state index is 13.3. The van der Waals surface area contributed by atoms with Crippen LogP contribution in [0.5, 0.6) is 5.75 Å². The zero-order chi connectivity index (χ0) is 24.2. The molecule has 172 valence electrons. The number of nitrogens with zero attached hydrogens (tertiary/aromatic N) is 3. The van der Waals surface area contributed by atoms with Gasteiger partial charge in [-0.1, -0.05) is 54.1 Å². The van der Waals surface area contributed by atoms with E-state index < -0.39 is 12.1 Å². The van der Waals surface area contributed by atoms with Crippen LogP contribution in [0, 0.1) is 0 Å². The highest BCUT2D eigenvalue weighted by molar-refractivity contribution is 9.10. The zero-order valence-corrected chi connectivity index (χ0v) is 20.6. The van der Waals surface area contributed by atoms with E-state index >= 15 is 0 Å². The van der Waals surface area contributed by atoms with Crippen LogP contribution in [-0.4, -0.2) is 35.1 Å². The van der Waals surface area contributed by atoms with Gasteiger partial charge in [0.25, 0.3) is 5.56 Å². The third-order valence-electron chi connectivity index (χ3n) is 4.96. The number of para-hydroxylation sites is 1. The van der Waals surface area contributed by atoms with Gasteiger partial charge in [0.1, 0.15) is 0 Å². The maximum Gasteiger partial charge on any atom is 0.346 e. The number of methoxy groups -OCH3 is 1. The van der Waals surface area contributed by atoms with Gasteiger partial charge in [-0.2, -0.15) is 9.78 Å². The molecule has 4 rings (SSSR count). The fourth-order valence-electron chi connectivity index (χ4n) is 3.29. The lowest BCUT2D eigenvalue weighted by atomic mass is 10.2. The number of aromatic nitrogens is 2. The molecular formula is C25H19BrClN3O4. The minimum Gasteiger partial charge on any atom is -0.476 e. The van der Waals surface area contributed by atoms with E-state index in [4.69, 9.17) is 16.3 Å². The number of ether oxygens (including phenoxy) is 2. The first-order valence-corrected chi connectivity index (χ1v) is 11.4. The van der Waals surface area contributed by atoms with E-state index in [9.17, 15) is 9.59 Å². The Morgan fingerprint density at radius 2 is 1.85 bits per heavy atom. The molecule has 0 fully saturated rings. The van der Waals surface area contributed by atoms with Gasteiger partial charge >= 0.3 is 5.97 Å². The number of esters is 1. The summed E-state index contributed by atoms with van der Waals surface area (Å²) >= 11 is 9.81. The lowest BCUT2D eigenvalue weighted by Crippen LogP contribution is -2.25. The summed E-state index contributed by atoms with van der Waals surface area (Å²) in [6, 6.07) is 19.8. The predicted octanol–water partition coefficient (Wildman–Crippen LogP) is 5.30. The second-order valence-electron chi connectivity index (χ2n) is 7.28. The maximum absolute atomic E-state index is 13.3. The fraction of sp³-hybridized carbons (Fsp3) is 0.120. The van der Waals surface area contributed by atoms with Crippen LogP contribution in [0.4, 0.5) is 0 Å². The van der Waals surface area contributed by atoms with Gasteiger partial charge in [0.05, 0.1) is 33.7 Å². The number of fused-ring (bicyclic) bond motifs is 1. The third-order valence-corrected chi connectivity index (χ3v) is 5.83. The number of rotatable bonds is 6. The Morgan fingerprint density at radius 3 is 2.56 bits per heavy atom. The van der Waals surface area contributed by atoms with Gasteiger partial charge in [-0.25, -0.2) is 9.78 Å². The predicted molar refractivity (Wildman–Crippen MR) is 136 cm³/mol. The SMILES string of the molecule is COC(=O)[C@H](C)Oc1c(Cl)cc(C=Nn2c(-c3ccccc3)nc3ccccc3c2=O)cc1Br. The van der Waals surface area contributed by atoms with Crippen LogP contribution in [0.25, 0.3) is 22.3 Å². The second-order valence-corrected chi connectivity index (χ2v) is 8.54. The van der Waals surface area contributed by atoms with Crippen molar-refractivity contribution in [3.8, 4) is 17.1 Å². The minimum atomic E-state index is -0.839. The van der Waals surface area contributed by atoms with E-state index in [1.54, 1.807) is 37.3 Å². The smallest absolute Gasteiger partial charge is 0.346 e. The van der Waals surface area contributed by atoms with E-state index in [-0.39, 0.29) is 10.6 Å². The first-order valence-electron chi connectivity index (χ1n) is 10.2. The van der Waals surface area contributed by atoms with E-state index in [2.05, 4.69) is 30.8 Å². The molecule has 0 aliphatic rings. The Kier molecular flexibility index (Phi) is 7.09. The molecule has 0 amide bonds. The average molecular weight is 541 g/mol. The summed E-state index contributed by atoms with van der Waals surface area (Å²) in [7, 11) is 1.28. The number of hydrogen-bond donors (Lipinski definition) is 0. The van der Waals surface area contributed by atoms with Crippen molar-refractivity contribution in [1.82, 2.24) is 9.66 Å². The number of hydrogen-bond acceptors (Lipinski definition) is 6. The van der Waals surface area contributed by atoms with Crippen molar-refractivity contribution >= 4 is 50.6 Å². The van der Waals surface area contributed by atoms with Gasteiger partial charge < -0.3 is 9.47 Å². The minimum absolute atomic E-state index is 0.263. The number of halogens is 2. The molecular weight excluding hydrogens is 522 g/mol. The second kappa shape index (κ2) is 10.2. The molecule has 3 aromatic carbocycles. The van der Waals surface area contributed by atoms with Crippen molar-refractivity contribution in [3.63, 3.8) is 0 Å². The average Bonchev–Trinajstić information content (AvgIpc) is 2.85. The molecule has 1 aromatic heterocycles. The molecule has 0 N–H and O–H groups in total. The van der Waals surface area contributed by atoms with Crippen LogP contribution < -0.4 is 10.3 Å². The van der Waals surface area contributed by atoms with Crippen LogP contribution in [0.15, 0.2) is 81.1 Å². The first-order chi connectivity index (χ1) is 16.4. The van der Waals surface area contributed by atoms with E-state index in [1.807, 2.05) is 36.4 Å². The van der Waals surface area contributed by atoms with Crippen LogP contribution in [0.2, 0.25) is 5.02 Å². The van der Waals surface area contributed by atoms with E-state index in [0.29, 0.717) is 32.5 Å². The number of carbonyl (C=O) groups excluding carboxylic acids is 1. The third kappa shape index (κ3) is 4.88. The Labute approximate surface area is 208 Å². The van der Waals surface area contributed by atoms with Crippen LogP contribution in [0.1, 0.15) is 12.5 Å². The molecule has 0 aliphatic carbocycles. The Morgan fingerprint density at radius 1 is 1.15 bits per heavy atom. The lowest BCUT2D eigenvalue weighted by Gasteiger charge is -2.15. The number of benzene rings is 3. The molecule has 0 saturated carbocycles. The molecule has 7 nitrogen and oxygen atoms in total. The Hall–Kier alpha value is -3.49. The molecule has 0 spiro atoms. The van der Waals surface area contributed by atoms with Gasteiger partial charge in [-0.3, -0.25) is 4.79 Å². The number of carbonyl (C=O) groups is 1. The van der Waals surface area contributed by atoms with Gasteiger partial charge in [0.2, 0.25) is 0 Å². The van der Waals surface area contributed by atoms with Crippen molar-refractivity contribution in [3.05, 3.63) is 92.1 Å². The molecule has 0 unspecified atom stereocenters. The van der Waals surface area contributed by atoms with Crippen LogP contribution in [-0.2, 0) is 9.53 Å². The van der Waals surface area contributed by atoms with Gasteiger partial charge in [0.15, 0.2) is 17.7 Å². The van der Waals surface area contributed by atoms with Crippen molar-refractivity contribution < 1.29 is 14.3 Å². The van der Waals surface area contributed by atoms with Crippen LogP contribution in [0.3, 0.4) is 0 Å². The van der Waals surface area contributed by atoms with Crippen molar-refractivity contribution in [2.45, 2.75) is 13.0 Å². The summed E-state index contributed by atoms with van der Waals surface area (Å²) in [6.45, 7) is 1.56. The molecule has 0 bridgehead atoms.